The Morgan fingerprint density at radius 2 is 1.94 bits per heavy atom. The molecule has 0 radical (unpaired) electrons. The maximum Gasteiger partial charge on any atom is 0.334 e. The molecule has 5 heteroatoms. The minimum absolute atomic E-state index is 0.0437. The second-order valence-corrected chi connectivity index (χ2v) is 4.84. The summed E-state index contributed by atoms with van der Waals surface area (Å²) in [5.41, 5.74) is 0.750. The van der Waals surface area contributed by atoms with Gasteiger partial charge in [0.15, 0.2) is 0 Å². The Hall–Kier alpha value is -1.36. The molecular formula is C12H13BrO4. The fraction of sp³-hybridized carbons (Fsp3) is 0.333. The van der Waals surface area contributed by atoms with Crippen LogP contribution in [0.25, 0.3) is 0 Å². The molecule has 1 unspecified atom stereocenters. The SMILES string of the molecule is CCOC(=O)C(Br)(Cc1ccccc1)C(=O)O. The topological polar surface area (TPSA) is 63.6 Å². The van der Waals surface area contributed by atoms with Crippen molar-refractivity contribution in [3.8, 4) is 0 Å². The van der Waals surface area contributed by atoms with Crippen molar-refractivity contribution in [3.05, 3.63) is 35.9 Å². The number of rotatable bonds is 5. The summed E-state index contributed by atoms with van der Waals surface area (Å²) in [5.74, 6) is -2.03. The standard InChI is InChI=1S/C12H13BrO4/c1-2-17-11(16)12(13,10(14)15)8-9-6-4-3-5-7-9/h3-7H,2,8H2,1H3,(H,14,15). The molecule has 0 saturated heterocycles. The molecule has 1 N–H and O–H groups in total. The van der Waals surface area contributed by atoms with E-state index in [1.54, 1.807) is 31.2 Å². The predicted molar refractivity (Wildman–Crippen MR) is 66.1 cm³/mol. The summed E-state index contributed by atoms with van der Waals surface area (Å²) in [4.78, 5) is 22.9. The van der Waals surface area contributed by atoms with Gasteiger partial charge >= 0.3 is 11.9 Å². The molecule has 1 aromatic rings. The number of halogens is 1. The molecule has 0 aliphatic carbocycles. The molecular weight excluding hydrogens is 288 g/mol. The number of hydrogen-bond acceptors (Lipinski definition) is 3. The normalized spacial score (nSPS) is 13.8. The smallest absolute Gasteiger partial charge is 0.334 e. The highest BCUT2D eigenvalue weighted by molar-refractivity contribution is 9.10. The first kappa shape index (κ1) is 13.7. The highest BCUT2D eigenvalue weighted by atomic mass is 79.9. The van der Waals surface area contributed by atoms with Gasteiger partial charge in [-0.1, -0.05) is 46.3 Å². The Morgan fingerprint density at radius 1 is 1.35 bits per heavy atom. The molecule has 92 valence electrons. The van der Waals surface area contributed by atoms with Crippen LogP contribution in [0, 0.1) is 0 Å². The number of aliphatic carboxylic acids is 1. The maximum atomic E-state index is 11.7. The first-order valence-electron chi connectivity index (χ1n) is 5.14. The van der Waals surface area contributed by atoms with Crippen molar-refractivity contribution in [2.75, 3.05) is 6.61 Å². The zero-order valence-electron chi connectivity index (χ0n) is 9.35. The summed E-state index contributed by atoms with van der Waals surface area (Å²) in [6, 6.07) is 8.92. The summed E-state index contributed by atoms with van der Waals surface area (Å²) in [7, 11) is 0. The third-order valence-corrected chi connectivity index (χ3v) is 3.17. The summed E-state index contributed by atoms with van der Waals surface area (Å²) >= 11 is 2.98. The fourth-order valence-electron chi connectivity index (χ4n) is 1.36. The lowest BCUT2D eigenvalue weighted by Gasteiger charge is -2.20. The average molecular weight is 301 g/mol. The zero-order chi connectivity index (χ0) is 12.9. The van der Waals surface area contributed by atoms with E-state index in [-0.39, 0.29) is 13.0 Å². The van der Waals surface area contributed by atoms with Crippen LogP contribution in [0.4, 0.5) is 0 Å². The van der Waals surface area contributed by atoms with Gasteiger partial charge in [-0.05, 0) is 12.5 Å². The van der Waals surface area contributed by atoms with Crippen LogP contribution in [0.3, 0.4) is 0 Å². The van der Waals surface area contributed by atoms with Crippen LogP contribution < -0.4 is 0 Å². The van der Waals surface area contributed by atoms with Gasteiger partial charge in [-0.3, -0.25) is 4.79 Å². The molecule has 0 aliphatic heterocycles. The summed E-state index contributed by atoms with van der Waals surface area (Å²) in [6.07, 6.45) is 0.0437. The van der Waals surface area contributed by atoms with Gasteiger partial charge in [0.25, 0.3) is 0 Å². The van der Waals surface area contributed by atoms with Gasteiger partial charge in [-0.2, -0.15) is 0 Å². The van der Waals surface area contributed by atoms with Gasteiger partial charge in [0.05, 0.1) is 6.61 Å². The summed E-state index contributed by atoms with van der Waals surface area (Å²) in [6.45, 7) is 1.78. The van der Waals surface area contributed by atoms with Gasteiger partial charge in [-0.25, -0.2) is 4.79 Å². The number of carboxylic acids is 1. The number of hydrogen-bond donors (Lipinski definition) is 1. The molecule has 1 aromatic carbocycles. The molecule has 0 saturated carbocycles. The van der Waals surface area contributed by atoms with E-state index >= 15 is 0 Å². The molecule has 0 fully saturated rings. The van der Waals surface area contributed by atoms with Gasteiger partial charge in [0.2, 0.25) is 4.32 Å². The molecule has 0 aromatic heterocycles. The molecule has 0 aliphatic rings. The molecule has 0 heterocycles. The van der Waals surface area contributed by atoms with Crippen LogP contribution >= 0.6 is 15.9 Å². The van der Waals surface area contributed by atoms with Crippen LogP contribution in [0.5, 0.6) is 0 Å². The third kappa shape index (κ3) is 3.30. The highest BCUT2D eigenvalue weighted by Gasteiger charge is 2.45. The van der Waals surface area contributed by atoms with E-state index in [9.17, 15) is 9.59 Å². The lowest BCUT2D eigenvalue weighted by molar-refractivity contribution is -0.155. The number of ether oxygens (including phenoxy) is 1. The maximum absolute atomic E-state index is 11.7. The second-order valence-electron chi connectivity index (χ2n) is 3.49. The van der Waals surface area contributed by atoms with Crippen molar-refractivity contribution in [2.24, 2.45) is 0 Å². The van der Waals surface area contributed by atoms with Gasteiger partial charge in [0.1, 0.15) is 0 Å². The van der Waals surface area contributed by atoms with Crippen molar-refractivity contribution >= 4 is 27.9 Å². The lowest BCUT2D eigenvalue weighted by atomic mass is 9.99. The molecule has 1 rings (SSSR count). The van der Waals surface area contributed by atoms with Crippen molar-refractivity contribution in [2.45, 2.75) is 17.7 Å². The Labute approximate surface area is 108 Å². The van der Waals surface area contributed by atoms with E-state index in [0.717, 1.165) is 5.56 Å². The van der Waals surface area contributed by atoms with E-state index < -0.39 is 16.3 Å². The van der Waals surface area contributed by atoms with Gasteiger partial charge < -0.3 is 9.84 Å². The lowest BCUT2D eigenvalue weighted by Crippen LogP contribution is -2.44. The van der Waals surface area contributed by atoms with E-state index in [0.29, 0.717) is 0 Å². The van der Waals surface area contributed by atoms with Crippen LogP contribution in [0.2, 0.25) is 0 Å². The number of esters is 1. The van der Waals surface area contributed by atoms with Gasteiger partial charge in [0, 0.05) is 6.42 Å². The minimum atomic E-state index is -1.72. The number of carboxylic acid groups (broad SMARTS) is 1. The van der Waals surface area contributed by atoms with Crippen molar-refractivity contribution in [1.29, 1.82) is 0 Å². The van der Waals surface area contributed by atoms with Crippen LogP contribution in [-0.4, -0.2) is 28.0 Å². The molecule has 0 spiro atoms. The fourth-order valence-corrected chi connectivity index (χ4v) is 1.80. The Balaban J connectivity index is 2.93. The summed E-state index contributed by atoms with van der Waals surface area (Å²) in [5, 5.41) is 9.14. The molecule has 0 amide bonds. The highest BCUT2D eigenvalue weighted by Crippen LogP contribution is 2.26. The van der Waals surface area contributed by atoms with Crippen molar-refractivity contribution < 1.29 is 19.4 Å². The molecule has 1 atom stereocenters. The van der Waals surface area contributed by atoms with Gasteiger partial charge in [-0.15, -0.1) is 0 Å². The molecule has 4 nitrogen and oxygen atoms in total. The second kappa shape index (κ2) is 5.82. The predicted octanol–water partition coefficient (Wildman–Crippen LogP) is 2.01. The largest absolute Gasteiger partial charge is 0.480 e. The van der Waals surface area contributed by atoms with Crippen molar-refractivity contribution in [1.82, 2.24) is 0 Å². The molecule has 17 heavy (non-hydrogen) atoms. The van der Waals surface area contributed by atoms with E-state index in [4.69, 9.17) is 9.84 Å². The third-order valence-electron chi connectivity index (χ3n) is 2.23. The minimum Gasteiger partial charge on any atom is -0.480 e. The van der Waals surface area contributed by atoms with E-state index in [1.165, 1.54) is 0 Å². The quantitative estimate of drug-likeness (QED) is 0.513. The van der Waals surface area contributed by atoms with E-state index in [2.05, 4.69) is 15.9 Å². The first-order chi connectivity index (χ1) is 8.00. The number of carbonyl (C=O) groups excluding carboxylic acids is 1. The summed E-state index contributed by atoms with van der Waals surface area (Å²) < 4.78 is 3.06. The van der Waals surface area contributed by atoms with E-state index in [1.807, 2.05) is 6.07 Å². The zero-order valence-corrected chi connectivity index (χ0v) is 10.9. The van der Waals surface area contributed by atoms with Crippen molar-refractivity contribution in [3.63, 3.8) is 0 Å². The monoisotopic (exact) mass is 300 g/mol. The number of alkyl halides is 1. The first-order valence-corrected chi connectivity index (χ1v) is 5.93. The number of carbonyl (C=O) groups is 2. The number of benzene rings is 1. The van der Waals surface area contributed by atoms with Crippen LogP contribution in [-0.2, 0) is 20.7 Å². The Morgan fingerprint density at radius 3 is 2.41 bits per heavy atom. The Kier molecular flexibility index (Phi) is 4.69. The van der Waals surface area contributed by atoms with Crippen LogP contribution in [0.15, 0.2) is 30.3 Å². The average Bonchev–Trinajstić information content (AvgIpc) is 2.30. The Bertz CT molecular complexity index is 404. The van der Waals surface area contributed by atoms with Crippen LogP contribution in [0.1, 0.15) is 12.5 Å². The molecule has 0 bridgehead atoms.